The number of carbonyl (C=O) groups excluding carboxylic acids is 2. The minimum atomic E-state index is -4.69. The number of nitrogens with zero attached hydrogens (tertiary/aromatic N) is 2. The average Bonchev–Trinajstić information content (AvgIpc) is 3.11. The van der Waals surface area contributed by atoms with Gasteiger partial charge in [-0.25, -0.2) is 4.98 Å². The van der Waals surface area contributed by atoms with Crippen LogP contribution in [0.1, 0.15) is 29.0 Å². The molecule has 0 radical (unpaired) electrons. The van der Waals surface area contributed by atoms with Gasteiger partial charge < -0.3 is 5.11 Å². The number of imide groups is 1. The summed E-state index contributed by atoms with van der Waals surface area (Å²) in [5.74, 6) is -3.54. The van der Waals surface area contributed by atoms with Crippen molar-refractivity contribution in [2.45, 2.75) is 23.9 Å². The second-order valence-corrected chi connectivity index (χ2v) is 10.6. The Bertz CT molecular complexity index is 1580. The molecule has 2 amide bonds. The van der Waals surface area contributed by atoms with E-state index in [1.54, 1.807) is 42.5 Å². The summed E-state index contributed by atoms with van der Waals surface area (Å²) in [5, 5.41) is 10.9. The van der Waals surface area contributed by atoms with Gasteiger partial charge in [-0.3, -0.25) is 15.0 Å². The van der Waals surface area contributed by atoms with E-state index in [9.17, 15) is 27.9 Å². The molecule has 206 valence electrons. The van der Waals surface area contributed by atoms with Crippen LogP contribution < -0.4 is 5.43 Å². The van der Waals surface area contributed by atoms with Crippen molar-refractivity contribution in [2.75, 3.05) is 5.43 Å². The molecule has 3 atom stereocenters. The minimum absolute atomic E-state index is 0.0917. The van der Waals surface area contributed by atoms with E-state index in [2.05, 4.69) is 17.0 Å². The summed E-state index contributed by atoms with van der Waals surface area (Å²) >= 11 is 18.8. The Morgan fingerprint density at radius 2 is 1.77 bits per heavy atom. The van der Waals surface area contributed by atoms with Crippen molar-refractivity contribution in [3.05, 3.63) is 111 Å². The number of allylic oxidation sites excluding steroid dienone is 3. The van der Waals surface area contributed by atoms with Gasteiger partial charge in [0, 0.05) is 22.2 Å². The van der Waals surface area contributed by atoms with Gasteiger partial charge in [0.05, 0.1) is 21.9 Å². The number of benzene rings is 2. The highest BCUT2D eigenvalue weighted by molar-refractivity contribution is 6.33. The van der Waals surface area contributed by atoms with Gasteiger partial charge in [0.2, 0.25) is 0 Å². The molecule has 1 fully saturated rings. The number of amides is 2. The Hall–Kier alpha value is -3.53. The molecule has 2 aliphatic rings. The topological polar surface area (TPSA) is 82.5 Å². The Morgan fingerprint density at radius 1 is 1.07 bits per heavy atom. The lowest BCUT2D eigenvalue weighted by Gasteiger charge is -2.43. The molecule has 2 heterocycles. The third-order valence-electron chi connectivity index (χ3n) is 7.24. The van der Waals surface area contributed by atoms with Gasteiger partial charge in [0.25, 0.3) is 11.8 Å². The molecular weight excluding hydrogens is 590 g/mol. The van der Waals surface area contributed by atoms with Gasteiger partial charge in [0.1, 0.15) is 5.75 Å². The standard InChI is InChI=1S/C28H19Cl3F3N3O3/c1-2-14-3-10-20-25(39)37(36-24-22(31)11-16(13-35-24)28(32,33)34)26(40)27(20,15-4-6-17(29)7-5-15)23(14)19-9-8-18(38)12-21(19)30/h2-9,11-13,20,23,38H,1,10H2,(H,35,36). The maximum atomic E-state index is 14.5. The number of nitrogens with one attached hydrogen (secondary N) is 1. The highest BCUT2D eigenvalue weighted by Crippen LogP contribution is 2.58. The zero-order valence-corrected chi connectivity index (χ0v) is 22.6. The highest BCUT2D eigenvalue weighted by atomic mass is 35.5. The van der Waals surface area contributed by atoms with E-state index in [1.807, 2.05) is 0 Å². The van der Waals surface area contributed by atoms with Gasteiger partial charge in [-0.05, 0) is 53.5 Å². The molecule has 3 aromatic rings. The van der Waals surface area contributed by atoms with Crippen LogP contribution in [0, 0.1) is 5.92 Å². The number of hydrogen-bond acceptors (Lipinski definition) is 5. The van der Waals surface area contributed by atoms with E-state index in [0.717, 1.165) is 5.01 Å². The van der Waals surface area contributed by atoms with Crippen LogP contribution in [0.3, 0.4) is 0 Å². The maximum absolute atomic E-state index is 14.5. The minimum Gasteiger partial charge on any atom is -0.508 e. The van der Waals surface area contributed by atoms with Crippen LogP contribution in [-0.4, -0.2) is 26.9 Å². The Kier molecular flexibility index (Phi) is 7.10. The molecule has 1 aliphatic carbocycles. The quantitative estimate of drug-likeness (QED) is 0.297. The van der Waals surface area contributed by atoms with E-state index < -0.39 is 45.8 Å². The molecule has 2 N–H and O–H groups in total. The molecule has 1 saturated heterocycles. The van der Waals surface area contributed by atoms with Crippen LogP contribution in [0.2, 0.25) is 15.1 Å². The number of carbonyl (C=O) groups is 2. The van der Waals surface area contributed by atoms with Gasteiger partial charge in [-0.2, -0.15) is 18.2 Å². The number of hydrazine groups is 1. The number of phenolic OH excluding ortho intramolecular Hbond substituents is 1. The van der Waals surface area contributed by atoms with Crippen LogP contribution >= 0.6 is 34.8 Å². The lowest BCUT2D eigenvalue weighted by Crippen LogP contribution is -2.48. The lowest BCUT2D eigenvalue weighted by atomic mass is 9.56. The van der Waals surface area contributed by atoms with Crippen LogP contribution in [0.25, 0.3) is 0 Å². The monoisotopic (exact) mass is 607 g/mol. The third kappa shape index (κ3) is 4.42. The first-order valence-corrected chi connectivity index (χ1v) is 13.0. The molecular formula is C28H19Cl3F3N3O3. The Morgan fingerprint density at radius 3 is 2.38 bits per heavy atom. The number of halogens is 6. The fourth-order valence-corrected chi connectivity index (χ4v) is 6.13. The van der Waals surface area contributed by atoms with Crippen molar-refractivity contribution in [3.63, 3.8) is 0 Å². The van der Waals surface area contributed by atoms with E-state index in [-0.39, 0.29) is 23.0 Å². The summed E-state index contributed by atoms with van der Waals surface area (Å²) < 4.78 is 39.4. The molecule has 2 aromatic carbocycles. The zero-order chi connectivity index (χ0) is 29.0. The first-order valence-electron chi connectivity index (χ1n) is 11.8. The first-order chi connectivity index (χ1) is 18.9. The number of alkyl halides is 3. The van der Waals surface area contributed by atoms with Crippen LogP contribution in [-0.2, 0) is 21.2 Å². The lowest BCUT2D eigenvalue weighted by molar-refractivity contribution is -0.139. The number of fused-ring (bicyclic) bond motifs is 1. The second kappa shape index (κ2) is 10.1. The number of rotatable bonds is 5. The van der Waals surface area contributed by atoms with Crippen LogP contribution in [0.4, 0.5) is 19.0 Å². The number of aromatic hydroxyl groups is 1. The summed E-state index contributed by atoms with van der Waals surface area (Å²) in [4.78, 5) is 32.1. The number of aromatic nitrogens is 1. The SMILES string of the molecule is C=CC1=CCC2C(=O)N(Nc3ncc(C(F)(F)F)cc3Cl)C(=O)C2(c2ccc(Cl)cc2)C1c1ccc(O)cc1Cl. The molecule has 0 saturated carbocycles. The fourth-order valence-electron chi connectivity index (χ4n) is 5.51. The number of anilines is 1. The summed E-state index contributed by atoms with van der Waals surface area (Å²) in [6.07, 6.45) is -0.627. The summed E-state index contributed by atoms with van der Waals surface area (Å²) in [6, 6.07) is 11.4. The van der Waals surface area contributed by atoms with E-state index >= 15 is 0 Å². The molecule has 40 heavy (non-hydrogen) atoms. The van der Waals surface area contributed by atoms with E-state index in [4.69, 9.17) is 34.8 Å². The van der Waals surface area contributed by atoms with Crippen molar-refractivity contribution < 1.29 is 27.9 Å². The van der Waals surface area contributed by atoms with E-state index in [1.165, 1.54) is 12.1 Å². The molecule has 1 aliphatic heterocycles. The summed E-state index contributed by atoms with van der Waals surface area (Å²) in [7, 11) is 0. The van der Waals surface area contributed by atoms with Crippen molar-refractivity contribution in [3.8, 4) is 5.75 Å². The highest BCUT2D eigenvalue weighted by Gasteiger charge is 2.66. The molecule has 0 bridgehead atoms. The molecule has 5 rings (SSSR count). The normalized spacial score (nSPS) is 22.6. The summed E-state index contributed by atoms with van der Waals surface area (Å²) in [6.45, 7) is 3.90. The second-order valence-electron chi connectivity index (χ2n) is 9.35. The predicted octanol–water partition coefficient (Wildman–Crippen LogP) is 7.32. The van der Waals surface area contributed by atoms with Gasteiger partial charge >= 0.3 is 6.18 Å². The maximum Gasteiger partial charge on any atom is 0.417 e. The first kappa shape index (κ1) is 28.0. The summed E-state index contributed by atoms with van der Waals surface area (Å²) in [5.41, 5.74) is 1.42. The average molecular weight is 609 g/mol. The Labute approximate surface area is 241 Å². The Balaban J connectivity index is 1.70. The van der Waals surface area contributed by atoms with Crippen LogP contribution in [0.15, 0.2) is 79.0 Å². The smallest absolute Gasteiger partial charge is 0.417 e. The fraction of sp³-hybridized carbons (Fsp3) is 0.179. The molecule has 12 heteroatoms. The van der Waals surface area contributed by atoms with E-state index in [0.29, 0.717) is 34.0 Å². The van der Waals surface area contributed by atoms with Gasteiger partial charge in [0.15, 0.2) is 5.82 Å². The third-order valence-corrected chi connectivity index (χ3v) is 8.11. The van der Waals surface area contributed by atoms with Crippen molar-refractivity contribution in [1.29, 1.82) is 0 Å². The van der Waals surface area contributed by atoms with Crippen molar-refractivity contribution in [1.82, 2.24) is 9.99 Å². The number of hydrogen-bond donors (Lipinski definition) is 2. The predicted molar refractivity (Wildman–Crippen MR) is 145 cm³/mol. The van der Waals surface area contributed by atoms with Crippen LogP contribution in [0.5, 0.6) is 5.75 Å². The number of pyridine rings is 1. The zero-order valence-electron chi connectivity index (χ0n) is 20.3. The molecule has 0 spiro atoms. The van der Waals surface area contributed by atoms with Gasteiger partial charge in [-0.1, -0.05) is 71.7 Å². The number of phenols is 1. The van der Waals surface area contributed by atoms with Crippen molar-refractivity contribution >= 4 is 52.4 Å². The molecule has 6 nitrogen and oxygen atoms in total. The molecule has 1 aromatic heterocycles. The van der Waals surface area contributed by atoms with Gasteiger partial charge in [-0.15, -0.1) is 0 Å². The van der Waals surface area contributed by atoms with Crippen molar-refractivity contribution in [2.24, 2.45) is 5.92 Å². The largest absolute Gasteiger partial charge is 0.508 e. The molecule has 3 unspecified atom stereocenters.